The Labute approximate surface area is 162 Å². The van der Waals surface area contributed by atoms with E-state index in [-0.39, 0.29) is 40.7 Å². The molecule has 1 amide bonds. The second kappa shape index (κ2) is 8.76. The molecule has 1 heterocycles. The molecule has 1 aromatic carbocycles. The predicted molar refractivity (Wildman–Crippen MR) is 102 cm³/mol. The van der Waals surface area contributed by atoms with Gasteiger partial charge < -0.3 is 10.1 Å². The molecule has 0 saturated heterocycles. The Morgan fingerprint density at radius 3 is 2.54 bits per heavy atom. The number of rotatable bonds is 8. The van der Waals surface area contributed by atoms with E-state index in [4.69, 9.17) is 4.74 Å². The van der Waals surface area contributed by atoms with Crippen LogP contribution in [0.15, 0.2) is 41.6 Å². The van der Waals surface area contributed by atoms with E-state index in [9.17, 15) is 23.3 Å². The minimum Gasteiger partial charge on any atom is -0.495 e. The summed E-state index contributed by atoms with van der Waals surface area (Å²) in [5, 5.41) is 13.5. The van der Waals surface area contributed by atoms with Gasteiger partial charge in [-0.2, -0.15) is 4.31 Å². The molecule has 10 nitrogen and oxygen atoms in total. The summed E-state index contributed by atoms with van der Waals surface area (Å²) < 4.78 is 32.1. The highest BCUT2D eigenvalue weighted by atomic mass is 32.2. The summed E-state index contributed by atoms with van der Waals surface area (Å²) in [5.74, 6) is -0.605. The van der Waals surface area contributed by atoms with Crippen LogP contribution in [0.3, 0.4) is 0 Å². The first kappa shape index (κ1) is 21.3. The van der Waals surface area contributed by atoms with Crippen LogP contribution in [0.1, 0.15) is 24.2 Å². The van der Waals surface area contributed by atoms with Crippen molar-refractivity contribution in [3.05, 3.63) is 52.3 Å². The SMILES string of the molecule is CCN(CC)S(=O)(=O)c1cc(C(=O)Nc2ccncc2[N+](=O)[O-])ccc1OC. The van der Waals surface area contributed by atoms with E-state index >= 15 is 0 Å². The van der Waals surface area contributed by atoms with Gasteiger partial charge >= 0.3 is 5.69 Å². The van der Waals surface area contributed by atoms with Crippen molar-refractivity contribution in [3.8, 4) is 5.75 Å². The number of nitrogens with one attached hydrogen (secondary N) is 1. The normalized spacial score (nSPS) is 11.3. The number of sulfonamides is 1. The number of carbonyl (C=O) groups excluding carboxylic acids is 1. The van der Waals surface area contributed by atoms with Crippen LogP contribution in [0.5, 0.6) is 5.75 Å². The fourth-order valence-corrected chi connectivity index (χ4v) is 4.19. The number of anilines is 1. The minimum absolute atomic E-state index is 0.0117. The first-order chi connectivity index (χ1) is 13.3. The van der Waals surface area contributed by atoms with Crippen LogP contribution >= 0.6 is 0 Å². The molecule has 2 rings (SSSR count). The summed E-state index contributed by atoms with van der Waals surface area (Å²) in [5.41, 5.74) is -0.410. The number of methoxy groups -OCH3 is 1. The van der Waals surface area contributed by atoms with Gasteiger partial charge in [-0.15, -0.1) is 0 Å². The summed E-state index contributed by atoms with van der Waals surface area (Å²) in [4.78, 5) is 26.5. The van der Waals surface area contributed by atoms with E-state index in [2.05, 4.69) is 10.3 Å². The topological polar surface area (TPSA) is 132 Å². The Balaban J connectivity index is 2.46. The van der Waals surface area contributed by atoms with Crippen molar-refractivity contribution in [2.75, 3.05) is 25.5 Å². The molecule has 0 atom stereocenters. The maximum Gasteiger partial charge on any atom is 0.310 e. The molecule has 0 spiro atoms. The minimum atomic E-state index is -3.88. The van der Waals surface area contributed by atoms with Gasteiger partial charge in [0.1, 0.15) is 22.5 Å². The highest BCUT2D eigenvalue weighted by Gasteiger charge is 2.27. The summed E-state index contributed by atoms with van der Waals surface area (Å²) in [6.07, 6.45) is 2.31. The van der Waals surface area contributed by atoms with Crippen LogP contribution in [0.4, 0.5) is 11.4 Å². The molecular weight excluding hydrogens is 388 g/mol. The molecule has 0 fully saturated rings. The van der Waals surface area contributed by atoms with Crippen LogP contribution in [-0.2, 0) is 10.0 Å². The van der Waals surface area contributed by atoms with Gasteiger partial charge in [-0.3, -0.25) is 19.9 Å². The molecular formula is C17H20N4O6S. The molecule has 0 aliphatic heterocycles. The van der Waals surface area contributed by atoms with Crippen molar-refractivity contribution < 1.29 is 22.9 Å². The first-order valence-electron chi connectivity index (χ1n) is 8.34. The molecule has 0 unspecified atom stereocenters. The number of nitrogens with zero attached hydrogens (tertiary/aromatic N) is 3. The number of carbonyl (C=O) groups is 1. The largest absolute Gasteiger partial charge is 0.495 e. The van der Waals surface area contributed by atoms with E-state index in [1.807, 2.05) is 0 Å². The molecule has 0 bridgehead atoms. The lowest BCUT2D eigenvalue weighted by Crippen LogP contribution is -2.31. The average Bonchev–Trinajstić information content (AvgIpc) is 2.68. The number of ether oxygens (including phenoxy) is 1. The number of hydrogen-bond donors (Lipinski definition) is 1. The van der Waals surface area contributed by atoms with Gasteiger partial charge in [0, 0.05) is 24.8 Å². The van der Waals surface area contributed by atoms with Gasteiger partial charge in [-0.25, -0.2) is 8.42 Å². The van der Waals surface area contributed by atoms with Gasteiger partial charge in [0.2, 0.25) is 10.0 Å². The maximum absolute atomic E-state index is 12.9. The third kappa shape index (κ3) is 4.26. The summed E-state index contributed by atoms with van der Waals surface area (Å²) in [7, 11) is -2.55. The number of amides is 1. The Kier molecular flexibility index (Phi) is 6.65. The average molecular weight is 408 g/mol. The molecule has 0 saturated carbocycles. The number of pyridine rings is 1. The number of aromatic nitrogens is 1. The molecule has 28 heavy (non-hydrogen) atoms. The predicted octanol–water partition coefficient (Wildman–Crippen LogP) is 2.28. The van der Waals surface area contributed by atoms with E-state index in [1.54, 1.807) is 13.8 Å². The van der Waals surface area contributed by atoms with Crippen molar-refractivity contribution >= 4 is 27.3 Å². The number of benzene rings is 1. The van der Waals surface area contributed by atoms with E-state index in [0.29, 0.717) is 0 Å². The fourth-order valence-electron chi connectivity index (χ4n) is 2.55. The highest BCUT2D eigenvalue weighted by molar-refractivity contribution is 7.89. The smallest absolute Gasteiger partial charge is 0.310 e. The van der Waals surface area contributed by atoms with Crippen molar-refractivity contribution in [2.45, 2.75) is 18.7 Å². The van der Waals surface area contributed by atoms with Crippen LogP contribution in [-0.4, -0.2) is 48.7 Å². The first-order valence-corrected chi connectivity index (χ1v) is 9.78. The van der Waals surface area contributed by atoms with Gasteiger partial charge in [-0.05, 0) is 24.3 Å². The van der Waals surface area contributed by atoms with Gasteiger partial charge in [0.15, 0.2) is 0 Å². The zero-order chi connectivity index (χ0) is 20.9. The number of hydrogen-bond acceptors (Lipinski definition) is 7. The highest BCUT2D eigenvalue weighted by Crippen LogP contribution is 2.29. The van der Waals surface area contributed by atoms with Gasteiger partial charge in [0.25, 0.3) is 5.91 Å². The van der Waals surface area contributed by atoms with Crippen molar-refractivity contribution in [1.82, 2.24) is 9.29 Å². The Morgan fingerprint density at radius 1 is 1.29 bits per heavy atom. The standard InChI is InChI=1S/C17H20N4O6S/c1-4-20(5-2)28(25,26)16-10-12(6-7-15(16)27-3)17(22)19-13-8-9-18-11-14(13)21(23)24/h6-11H,4-5H2,1-3H3,(H,18,19,22). The zero-order valence-electron chi connectivity index (χ0n) is 15.6. The summed E-state index contributed by atoms with van der Waals surface area (Å²) >= 11 is 0. The van der Waals surface area contributed by atoms with Gasteiger partial charge in [-0.1, -0.05) is 13.8 Å². The second-order valence-electron chi connectivity index (χ2n) is 5.56. The molecule has 0 aliphatic carbocycles. The van der Waals surface area contributed by atoms with E-state index in [0.717, 1.165) is 6.20 Å². The Bertz CT molecular complexity index is 989. The van der Waals surface area contributed by atoms with E-state index in [1.165, 1.54) is 41.9 Å². The Hall–Kier alpha value is -3.05. The monoisotopic (exact) mass is 408 g/mol. The van der Waals surface area contributed by atoms with Crippen LogP contribution in [0, 0.1) is 10.1 Å². The van der Waals surface area contributed by atoms with Crippen molar-refractivity contribution in [3.63, 3.8) is 0 Å². The molecule has 1 N–H and O–H groups in total. The summed E-state index contributed by atoms with van der Waals surface area (Å²) in [6.45, 7) is 3.91. The second-order valence-corrected chi connectivity index (χ2v) is 7.47. The molecule has 0 aliphatic rings. The lowest BCUT2D eigenvalue weighted by molar-refractivity contribution is -0.384. The summed E-state index contributed by atoms with van der Waals surface area (Å²) in [6, 6.07) is 5.22. The van der Waals surface area contributed by atoms with Crippen LogP contribution < -0.4 is 10.1 Å². The quantitative estimate of drug-likeness (QED) is 0.523. The Morgan fingerprint density at radius 2 is 1.96 bits per heavy atom. The molecule has 150 valence electrons. The third-order valence-electron chi connectivity index (χ3n) is 3.99. The molecule has 11 heteroatoms. The maximum atomic E-state index is 12.9. The van der Waals surface area contributed by atoms with E-state index < -0.39 is 20.9 Å². The van der Waals surface area contributed by atoms with Crippen LogP contribution in [0.2, 0.25) is 0 Å². The lowest BCUT2D eigenvalue weighted by Gasteiger charge is -2.20. The van der Waals surface area contributed by atoms with Crippen molar-refractivity contribution in [1.29, 1.82) is 0 Å². The lowest BCUT2D eigenvalue weighted by atomic mass is 10.2. The molecule has 1 aromatic heterocycles. The number of nitro groups is 1. The van der Waals surface area contributed by atoms with Gasteiger partial charge in [0.05, 0.1) is 12.0 Å². The molecule has 0 radical (unpaired) electrons. The zero-order valence-corrected chi connectivity index (χ0v) is 16.4. The fraction of sp³-hybridized carbons (Fsp3) is 0.294. The van der Waals surface area contributed by atoms with Crippen molar-refractivity contribution in [2.24, 2.45) is 0 Å². The third-order valence-corrected chi connectivity index (χ3v) is 6.07. The molecule has 2 aromatic rings. The van der Waals surface area contributed by atoms with Crippen LogP contribution in [0.25, 0.3) is 0 Å².